The fourth-order valence-corrected chi connectivity index (χ4v) is 3.98. The smallest absolute Gasteiger partial charge is 0.231 e. The zero-order chi connectivity index (χ0) is 18.1. The first-order chi connectivity index (χ1) is 12.6. The van der Waals surface area contributed by atoms with Crippen LogP contribution < -0.4 is 5.32 Å². The number of halogens is 1. The van der Waals surface area contributed by atoms with Crippen LogP contribution in [0.5, 0.6) is 0 Å². The van der Waals surface area contributed by atoms with Gasteiger partial charge in [-0.1, -0.05) is 37.1 Å². The second-order valence-electron chi connectivity index (χ2n) is 7.13. The summed E-state index contributed by atoms with van der Waals surface area (Å²) in [4.78, 5) is 21.1. The van der Waals surface area contributed by atoms with Crippen molar-refractivity contribution < 1.29 is 9.18 Å². The molecule has 1 aliphatic rings. The highest BCUT2D eigenvalue weighted by atomic mass is 19.1. The van der Waals surface area contributed by atoms with Crippen LogP contribution in [0.4, 0.5) is 4.39 Å². The number of fused-ring (bicyclic) bond motifs is 1. The van der Waals surface area contributed by atoms with Gasteiger partial charge < -0.3 is 10.3 Å². The number of carbonyl (C=O) groups excluding carboxylic acids is 1. The van der Waals surface area contributed by atoms with E-state index >= 15 is 0 Å². The first kappa shape index (κ1) is 16.8. The number of rotatable bonds is 4. The Labute approximate surface area is 151 Å². The second kappa shape index (κ2) is 6.56. The van der Waals surface area contributed by atoms with Crippen LogP contribution in [-0.4, -0.2) is 15.9 Å². The number of hydrogen-bond acceptors (Lipinski definition) is 2. The molecule has 1 fully saturated rings. The monoisotopic (exact) mass is 351 g/mol. The van der Waals surface area contributed by atoms with Gasteiger partial charge in [-0.2, -0.15) is 0 Å². The number of H-pyrrole nitrogens is 1. The van der Waals surface area contributed by atoms with Gasteiger partial charge in [-0.25, -0.2) is 9.37 Å². The molecule has 4 rings (SSSR count). The SMILES string of the molecule is C[C@H](NC(=O)C1(c2ccc(F)cc2)CCCC1)c1nc2ccccc2[nH]1. The third-order valence-corrected chi connectivity index (χ3v) is 5.45. The number of para-hydroxylation sites is 2. The van der Waals surface area contributed by atoms with Gasteiger partial charge in [0, 0.05) is 0 Å². The lowest BCUT2D eigenvalue weighted by Gasteiger charge is -2.29. The predicted molar refractivity (Wildman–Crippen MR) is 99.2 cm³/mol. The minimum Gasteiger partial charge on any atom is -0.346 e. The van der Waals surface area contributed by atoms with Gasteiger partial charge in [-0.05, 0) is 49.6 Å². The normalized spacial score (nSPS) is 17.3. The summed E-state index contributed by atoms with van der Waals surface area (Å²) >= 11 is 0. The summed E-state index contributed by atoms with van der Waals surface area (Å²) < 4.78 is 13.3. The van der Waals surface area contributed by atoms with E-state index in [2.05, 4.69) is 15.3 Å². The van der Waals surface area contributed by atoms with Gasteiger partial charge in [0.15, 0.2) is 0 Å². The van der Waals surface area contributed by atoms with Crippen molar-refractivity contribution in [1.29, 1.82) is 0 Å². The molecule has 0 spiro atoms. The van der Waals surface area contributed by atoms with E-state index in [1.54, 1.807) is 12.1 Å². The summed E-state index contributed by atoms with van der Waals surface area (Å²) in [6.45, 7) is 1.93. The van der Waals surface area contributed by atoms with Crippen LogP contribution in [0.3, 0.4) is 0 Å². The third kappa shape index (κ3) is 2.87. The highest BCUT2D eigenvalue weighted by molar-refractivity contribution is 5.89. The number of nitrogens with one attached hydrogen (secondary N) is 2. The van der Waals surface area contributed by atoms with Crippen molar-refractivity contribution in [1.82, 2.24) is 15.3 Å². The molecule has 0 bridgehead atoms. The van der Waals surface area contributed by atoms with Gasteiger partial charge in [0.1, 0.15) is 11.6 Å². The van der Waals surface area contributed by atoms with E-state index in [4.69, 9.17) is 0 Å². The summed E-state index contributed by atoms with van der Waals surface area (Å²) in [7, 11) is 0. The Morgan fingerprint density at radius 1 is 1.15 bits per heavy atom. The molecule has 1 aromatic heterocycles. The fraction of sp³-hybridized carbons (Fsp3) is 0.333. The van der Waals surface area contributed by atoms with Gasteiger partial charge in [-0.3, -0.25) is 4.79 Å². The van der Waals surface area contributed by atoms with Gasteiger partial charge >= 0.3 is 0 Å². The molecule has 1 amide bonds. The number of imidazole rings is 1. The van der Waals surface area contributed by atoms with Gasteiger partial charge in [0.2, 0.25) is 5.91 Å². The summed E-state index contributed by atoms with van der Waals surface area (Å²) in [6, 6.07) is 13.9. The molecule has 2 N–H and O–H groups in total. The summed E-state index contributed by atoms with van der Waals surface area (Å²) in [5, 5.41) is 3.13. The standard InChI is InChI=1S/C21H22FN3O/c1-14(19-24-17-6-2-3-7-18(17)25-19)23-20(26)21(12-4-5-13-21)15-8-10-16(22)11-9-15/h2-3,6-11,14H,4-5,12-13H2,1H3,(H,23,26)(H,24,25)/t14-/m0/s1. The third-order valence-electron chi connectivity index (χ3n) is 5.45. The molecule has 5 heteroatoms. The molecule has 134 valence electrons. The van der Waals surface area contributed by atoms with Crippen molar-refractivity contribution in [2.24, 2.45) is 0 Å². The Morgan fingerprint density at radius 3 is 2.54 bits per heavy atom. The number of benzene rings is 2. The molecule has 0 unspecified atom stereocenters. The average Bonchev–Trinajstić information content (AvgIpc) is 3.30. The van der Waals surface area contributed by atoms with Crippen LogP contribution in [0.1, 0.15) is 50.0 Å². The quantitative estimate of drug-likeness (QED) is 0.732. The molecule has 1 saturated carbocycles. The Morgan fingerprint density at radius 2 is 1.85 bits per heavy atom. The highest BCUT2D eigenvalue weighted by Gasteiger charge is 2.43. The van der Waals surface area contributed by atoms with E-state index < -0.39 is 5.41 Å². The van der Waals surface area contributed by atoms with Crippen LogP contribution in [0.25, 0.3) is 11.0 Å². The zero-order valence-corrected chi connectivity index (χ0v) is 14.8. The molecule has 26 heavy (non-hydrogen) atoms. The first-order valence-corrected chi connectivity index (χ1v) is 9.10. The van der Waals surface area contributed by atoms with E-state index in [1.165, 1.54) is 12.1 Å². The fourth-order valence-electron chi connectivity index (χ4n) is 3.98. The van der Waals surface area contributed by atoms with E-state index in [0.29, 0.717) is 0 Å². The summed E-state index contributed by atoms with van der Waals surface area (Å²) in [6.07, 6.45) is 3.59. The predicted octanol–water partition coefficient (Wildman–Crippen LogP) is 4.39. The molecule has 2 aromatic carbocycles. The molecule has 0 radical (unpaired) electrons. The van der Waals surface area contributed by atoms with Crippen LogP contribution in [0.15, 0.2) is 48.5 Å². The zero-order valence-electron chi connectivity index (χ0n) is 14.8. The van der Waals surface area contributed by atoms with E-state index in [1.807, 2.05) is 31.2 Å². The van der Waals surface area contributed by atoms with E-state index in [0.717, 1.165) is 48.1 Å². The maximum atomic E-state index is 13.3. The van der Waals surface area contributed by atoms with Crippen molar-refractivity contribution in [3.8, 4) is 0 Å². The Balaban J connectivity index is 1.59. The lowest BCUT2D eigenvalue weighted by atomic mass is 9.78. The number of aromatic nitrogens is 2. The molecule has 1 heterocycles. The molecule has 3 aromatic rings. The number of hydrogen-bond donors (Lipinski definition) is 2. The maximum absolute atomic E-state index is 13.3. The Hall–Kier alpha value is -2.69. The van der Waals surface area contributed by atoms with E-state index in [9.17, 15) is 9.18 Å². The van der Waals surface area contributed by atoms with Crippen molar-refractivity contribution in [3.05, 3.63) is 65.7 Å². The van der Waals surface area contributed by atoms with Crippen LogP contribution >= 0.6 is 0 Å². The van der Waals surface area contributed by atoms with E-state index in [-0.39, 0.29) is 17.8 Å². The van der Waals surface area contributed by atoms with Crippen molar-refractivity contribution in [2.45, 2.75) is 44.1 Å². The molecular weight excluding hydrogens is 329 g/mol. The van der Waals surface area contributed by atoms with Crippen LogP contribution in [0, 0.1) is 5.82 Å². The summed E-state index contributed by atoms with van der Waals surface area (Å²) in [5.41, 5.74) is 2.16. The topological polar surface area (TPSA) is 57.8 Å². The average molecular weight is 351 g/mol. The first-order valence-electron chi connectivity index (χ1n) is 9.10. The lowest BCUT2D eigenvalue weighted by molar-refractivity contribution is -0.127. The Bertz CT molecular complexity index is 893. The molecular formula is C21H22FN3O. The van der Waals surface area contributed by atoms with Crippen LogP contribution in [-0.2, 0) is 10.2 Å². The van der Waals surface area contributed by atoms with Crippen molar-refractivity contribution in [2.75, 3.05) is 0 Å². The number of nitrogens with zero attached hydrogens (tertiary/aromatic N) is 1. The number of carbonyl (C=O) groups is 1. The van der Waals surface area contributed by atoms with Crippen molar-refractivity contribution >= 4 is 16.9 Å². The summed E-state index contributed by atoms with van der Waals surface area (Å²) in [5.74, 6) is 0.458. The number of amides is 1. The maximum Gasteiger partial charge on any atom is 0.231 e. The molecule has 4 nitrogen and oxygen atoms in total. The number of aromatic amines is 1. The molecule has 1 atom stereocenters. The van der Waals surface area contributed by atoms with Crippen molar-refractivity contribution in [3.63, 3.8) is 0 Å². The van der Waals surface area contributed by atoms with Gasteiger partial charge in [0.25, 0.3) is 0 Å². The van der Waals surface area contributed by atoms with Gasteiger partial charge in [-0.15, -0.1) is 0 Å². The molecule has 0 saturated heterocycles. The molecule has 1 aliphatic carbocycles. The van der Waals surface area contributed by atoms with Crippen LogP contribution in [0.2, 0.25) is 0 Å². The lowest BCUT2D eigenvalue weighted by Crippen LogP contribution is -2.43. The highest BCUT2D eigenvalue weighted by Crippen LogP contribution is 2.41. The largest absolute Gasteiger partial charge is 0.346 e. The Kier molecular flexibility index (Phi) is 4.23. The molecule has 0 aliphatic heterocycles. The minimum absolute atomic E-state index is 0.00503. The van der Waals surface area contributed by atoms with Gasteiger partial charge in [0.05, 0.1) is 22.5 Å². The minimum atomic E-state index is -0.575. The second-order valence-corrected chi connectivity index (χ2v) is 7.13.